The third-order valence-corrected chi connectivity index (χ3v) is 4.69. The van der Waals surface area contributed by atoms with E-state index in [1.807, 2.05) is 41.8 Å². The Hall–Kier alpha value is -2.07. The maximum Gasteiger partial charge on any atom is 0.224 e. The lowest BCUT2D eigenvalue weighted by molar-refractivity contribution is 0.242. The molecular formula is C22H31NO3. The topological polar surface area (TPSA) is 51.5 Å². The van der Waals surface area contributed by atoms with Crippen LogP contribution in [0.5, 0.6) is 5.75 Å². The zero-order valence-electron chi connectivity index (χ0n) is 16.0. The Morgan fingerprint density at radius 3 is 2.42 bits per heavy atom. The Morgan fingerprint density at radius 2 is 1.73 bits per heavy atom. The largest absolute Gasteiger partial charge is 0.483 e. The van der Waals surface area contributed by atoms with Crippen molar-refractivity contribution in [3.63, 3.8) is 0 Å². The number of benzene rings is 1. The minimum Gasteiger partial charge on any atom is -0.483 e. The highest BCUT2D eigenvalue weighted by molar-refractivity contribution is 5.31. The first-order chi connectivity index (χ1) is 12.7. The zero-order chi connectivity index (χ0) is 18.8. The summed E-state index contributed by atoms with van der Waals surface area (Å²) < 4.78 is 7.84. The molecule has 1 aromatic carbocycles. The first-order valence-electron chi connectivity index (χ1n) is 9.68. The summed E-state index contributed by atoms with van der Waals surface area (Å²) in [6, 6.07) is 11.4. The molecule has 4 heteroatoms. The monoisotopic (exact) mass is 357 g/mol. The molecule has 1 N–H and O–H groups in total. The SMILES string of the molecule is CCCCCCCCn1c(C)cc(=O)c(OCc2ccccc2)c1CO. The molecule has 2 rings (SSSR count). The van der Waals surface area contributed by atoms with Crippen molar-refractivity contribution in [3.8, 4) is 5.75 Å². The van der Waals surface area contributed by atoms with Gasteiger partial charge < -0.3 is 14.4 Å². The van der Waals surface area contributed by atoms with Gasteiger partial charge in [0.2, 0.25) is 5.43 Å². The molecule has 1 heterocycles. The number of aliphatic hydroxyl groups excluding tert-OH is 1. The molecule has 0 spiro atoms. The average molecular weight is 357 g/mol. The van der Waals surface area contributed by atoms with Crippen LogP contribution in [0.25, 0.3) is 0 Å². The maximum atomic E-state index is 12.4. The van der Waals surface area contributed by atoms with Gasteiger partial charge in [-0.25, -0.2) is 0 Å². The van der Waals surface area contributed by atoms with Crippen molar-refractivity contribution in [1.82, 2.24) is 4.57 Å². The van der Waals surface area contributed by atoms with Crippen LogP contribution in [0.15, 0.2) is 41.2 Å². The van der Waals surface area contributed by atoms with Crippen LogP contribution >= 0.6 is 0 Å². The third-order valence-electron chi connectivity index (χ3n) is 4.69. The van der Waals surface area contributed by atoms with Gasteiger partial charge in [-0.15, -0.1) is 0 Å². The molecule has 0 bridgehead atoms. The molecule has 0 aliphatic carbocycles. The van der Waals surface area contributed by atoms with Gasteiger partial charge in [-0.2, -0.15) is 0 Å². The summed E-state index contributed by atoms with van der Waals surface area (Å²) >= 11 is 0. The number of pyridine rings is 1. The quantitative estimate of drug-likeness (QED) is 0.599. The van der Waals surface area contributed by atoms with Crippen molar-refractivity contribution in [2.24, 2.45) is 0 Å². The van der Waals surface area contributed by atoms with Crippen LogP contribution < -0.4 is 10.2 Å². The van der Waals surface area contributed by atoms with Gasteiger partial charge in [-0.3, -0.25) is 4.79 Å². The summed E-state index contributed by atoms with van der Waals surface area (Å²) in [5, 5.41) is 9.88. The molecule has 0 saturated heterocycles. The van der Waals surface area contributed by atoms with E-state index in [-0.39, 0.29) is 17.8 Å². The van der Waals surface area contributed by atoms with Crippen molar-refractivity contribution in [3.05, 3.63) is 63.6 Å². The lowest BCUT2D eigenvalue weighted by Crippen LogP contribution is -2.20. The van der Waals surface area contributed by atoms with E-state index in [1.54, 1.807) is 6.07 Å². The van der Waals surface area contributed by atoms with Crippen LogP contribution in [0.1, 0.15) is 62.4 Å². The van der Waals surface area contributed by atoms with Crippen molar-refractivity contribution < 1.29 is 9.84 Å². The Bertz CT molecular complexity index is 722. The summed E-state index contributed by atoms with van der Waals surface area (Å²) in [6.07, 6.45) is 7.25. The Labute approximate surface area is 156 Å². The molecule has 0 aliphatic rings. The maximum absolute atomic E-state index is 12.4. The predicted octanol–water partition coefficient (Wildman–Crippen LogP) is 4.59. The number of aliphatic hydroxyl groups is 1. The van der Waals surface area contributed by atoms with Gasteiger partial charge in [0.25, 0.3) is 0 Å². The zero-order valence-corrected chi connectivity index (χ0v) is 16.0. The highest BCUT2D eigenvalue weighted by Gasteiger charge is 2.14. The summed E-state index contributed by atoms with van der Waals surface area (Å²) in [6.45, 7) is 5.06. The van der Waals surface area contributed by atoms with Crippen molar-refractivity contribution >= 4 is 0 Å². The van der Waals surface area contributed by atoms with E-state index in [1.165, 1.54) is 25.7 Å². The minimum absolute atomic E-state index is 0.165. The van der Waals surface area contributed by atoms with E-state index in [4.69, 9.17) is 4.74 Å². The van der Waals surface area contributed by atoms with E-state index in [0.717, 1.165) is 30.6 Å². The summed E-state index contributed by atoms with van der Waals surface area (Å²) in [4.78, 5) is 12.4. The fraction of sp³-hybridized carbons (Fsp3) is 0.500. The summed E-state index contributed by atoms with van der Waals surface area (Å²) in [5.74, 6) is 0.271. The number of rotatable bonds is 11. The van der Waals surface area contributed by atoms with Crippen molar-refractivity contribution in [1.29, 1.82) is 0 Å². The summed E-state index contributed by atoms with van der Waals surface area (Å²) in [7, 11) is 0. The fourth-order valence-corrected chi connectivity index (χ4v) is 3.21. The van der Waals surface area contributed by atoms with Crippen molar-refractivity contribution in [2.45, 2.75) is 72.1 Å². The van der Waals surface area contributed by atoms with Gasteiger partial charge in [0.05, 0.1) is 12.3 Å². The average Bonchev–Trinajstić information content (AvgIpc) is 2.65. The lowest BCUT2D eigenvalue weighted by atomic mass is 10.1. The van der Waals surface area contributed by atoms with Gasteiger partial charge in [0.1, 0.15) is 6.61 Å². The van der Waals surface area contributed by atoms with E-state index in [9.17, 15) is 9.90 Å². The first-order valence-corrected chi connectivity index (χ1v) is 9.68. The molecule has 0 amide bonds. The number of hydrogen-bond acceptors (Lipinski definition) is 3. The fourth-order valence-electron chi connectivity index (χ4n) is 3.21. The van der Waals surface area contributed by atoms with E-state index < -0.39 is 0 Å². The predicted molar refractivity (Wildman–Crippen MR) is 106 cm³/mol. The molecule has 26 heavy (non-hydrogen) atoms. The number of aryl methyl sites for hydroxylation is 1. The summed E-state index contributed by atoms with van der Waals surface area (Å²) in [5.41, 5.74) is 2.29. The van der Waals surface area contributed by atoms with Gasteiger partial charge >= 0.3 is 0 Å². The highest BCUT2D eigenvalue weighted by atomic mass is 16.5. The third kappa shape index (κ3) is 5.73. The molecule has 0 radical (unpaired) electrons. The molecule has 0 fully saturated rings. The van der Waals surface area contributed by atoms with Gasteiger partial charge in [0.15, 0.2) is 5.75 Å². The first kappa shape index (κ1) is 20.2. The molecular weight excluding hydrogens is 326 g/mol. The second kappa shape index (κ2) is 10.8. The normalized spacial score (nSPS) is 10.9. The Morgan fingerprint density at radius 1 is 1.04 bits per heavy atom. The van der Waals surface area contributed by atoms with Gasteiger partial charge in [-0.1, -0.05) is 69.4 Å². The smallest absolute Gasteiger partial charge is 0.224 e. The molecule has 142 valence electrons. The Balaban J connectivity index is 2.08. The molecule has 0 unspecified atom stereocenters. The molecule has 2 aromatic rings. The number of ether oxygens (including phenoxy) is 1. The number of nitrogens with zero attached hydrogens (tertiary/aromatic N) is 1. The molecule has 0 saturated carbocycles. The van der Waals surface area contributed by atoms with Crippen LogP contribution in [-0.4, -0.2) is 9.67 Å². The molecule has 1 aromatic heterocycles. The van der Waals surface area contributed by atoms with Crippen LogP contribution in [-0.2, 0) is 19.8 Å². The Kier molecular flexibility index (Phi) is 8.42. The molecule has 4 nitrogen and oxygen atoms in total. The minimum atomic E-state index is -0.198. The second-order valence-corrected chi connectivity index (χ2v) is 6.78. The highest BCUT2D eigenvalue weighted by Crippen LogP contribution is 2.19. The van der Waals surface area contributed by atoms with E-state index in [2.05, 4.69) is 6.92 Å². The van der Waals surface area contributed by atoms with E-state index >= 15 is 0 Å². The number of unbranched alkanes of at least 4 members (excludes halogenated alkanes) is 5. The van der Waals surface area contributed by atoms with Crippen LogP contribution in [0.3, 0.4) is 0 Å². The second-order valence-electron chi connectivity index (χ2n) is 6.78. The van der Waals surface area contributed by atoms with Crippen LogP contribution in [0.2, 0.25) is 0 Å². The standard InChI is InChI=1S/C22H31NO3/c1-3-4-5-6-7-11-14-23-18(2)15-21(25)22(20(23)16-24)26-17-19-12-9-8-10-13-19/h8-10,12-13,15,24H,3-7,11,14,16-17H2,1-2H3. The molecule has 0 aliphatic heterocycles. The van der Waals surface area contributed by atoms with Crippen molar-refractivity contribution in [2.75, 3.05) is 0 Å². The van der Waals surface area contributed by atoms with Gasteiger partial charge in [0, 0.05) is 18.3 Å². The van der Waals surface area contributed by atoms with E-state index in [0.29, 0.717) is 12.3 Å². The number of hydrogen-bond donors (Lipinski definition) is 1. The molecule has 0 atom stereocenters. The van der Waals surface area contributed by atoms with Gasteiger partial charge in [-0.05, 0) is 18.9 Å². The number of aromatic nitrogens is 1. The van der Waals surface area contributed by atoms with Crippen LogP contribution in [0, 0.1) is 6.92 Å². The lowest BCUT2D eigenvalue weighted by Gasteiger charge is -2.19. The van der Waals surface area contributed by atoms with Crippen LogP contribution in [0.4, 0.5) is 0 Å².